The van der Waals surface area contributed by atoms with Gasteiger partial charge in [-0.3, -0.25) is 9.69 Å². The van der Waals surface area contributed by atoms with Crippen molar-refractivity contribution in [2.45, 2.75) is 44.9 Å². The van der Waals surface area contributed by atoms with Gasteiger partial charge in [0.15, 0.2) is 11.5 Å². The minimum atomic E-state index is -2.92. The van der Waals surface area contributed by atoms with Crippen molar-refractivity contribution < 1.29 is 27.8 Å². The van der Waals surface area contributed by atoms with Gasteiger partial charge in [0.2, 0.25) is 12.7 Å². The number of benzene rings is 1. The molecule has 1 amide bonds. The number of likely N-dealkylation sites (tertiary alicyclic amines) is 1. The zero-order valence-electron chi connectivity index (χ0n) is 15.5. The van der Waals surface area contributed by atoms with Gasteiger partial charge in [-0.15, -0.1) is 12.4 Å². The standard InChI is InChI=1S/C18H25F2N3O4.ClH/c19-18(20)27-14-8-16-15(25-11-26-16)7-12(14)10-23-6-2-1-3-13(23)9-22-17(24)4-5-21;/h7-8,13,18H,1-6,9-11,21H2,(H,22,24);1H. The van der Waals surface area contributed by atoms with Gasteiger partial charge in [-0.1, -0.05) is 6.42 Å². The maximum atomic E-state index is 12.8. The molecule has 3 N–H and O–H groups in total. The van der Waals surface area contributed by atoms with Crippen LogP contribution in [0.2, 0.25) is 0 Å². The molecule has 2 aliphatic rings. The fourth-order valence-electron chi connectivity index (χ4n) is 3.46. The fraction of sp³-hybridized carbons (Fsp3) is 0.611. The second-order valence-corrected chi connectivity index (χ2v) is 6.65. The molecule has 0 saturated carbocycles. The van der Waals surface area contributed by atoms with Crippen molar-refractivity contribution in [1.82, 2.24) is 10.2 Å². The minimum Gasteiger partial charge on any atom is -0.454 e. The first kappa shape index (κ1) is 22.4. The predicted molar refractivity (Wildman–Crippen MR) is 101 cm³/mol. The highest BCUT2D eigenvalue weighted by atomic mass is 35.5. The summed E-state index contributed by atoms with van der Waals surface area (Å²) in [6.45, 7) is -0.792. The third-order valence-corrected chi connectivity index (χ3v) is 4.80. The molecule has 1 saturated heterocycles. The first-order valence-corrected chi connectivity index (χ1v) is 9.15. The number of hydrogen-bond donors (Lipinski definition) is 2. The van der Waals surface area contributed by atoms with E-state index in [2.05, 4.69) is 10.2 Å². The number of ether oxygens (including phenoxy) is 3. The summed E-state index contributed by atoms with van der Waals surface area (Å²) in [4.78, 5) is 13.9. The molecule has 2 heterocycles. The molecule has 7 nitrogen and oxygen atoms in total. The minimum absolute atomic E-state index is 0. The van der Waals surface area contributed by atoms with E-state index in [-0.39, 0.29) is 36.9 Å². The molecule has 0 aliphatic carbocycles. The summed E-state index contributed by atoms with van der Waals surface area (Å²) in [6.07, 6.45) is 3.30. The van der Waals surface area contributed by atoms with Gasteiger partial charge in [0.05, 0.1) is 0 Å². The molecule has 1 aromatic rings. The van der Waals surface area contributed by atoms with Gasteiger partial charge >= 0.3 is 6.61 Å². The van der Waals surface area contributed by atoms with Crippen LogP contribution in [0.25, 0.3) is 0 Å². The second-order valence-electron chi connectivity index (χ2n) is 6.65. The average molecular weight is 422 g/mol. The molecule has 1 atom stereocenters. The molecule has 0 aromatic heterocycles. The molecule has 10 heteroatoms. The van der Waals surface area contributed by atoms with Crippen LogP contribution >= 0.6 is 12.4 Å². The molecule has 1 aromatic carbocycles. The molecule has 0 bridgehead atoms. The van der Waals surface area contributed by atoms with E-state index in [0.717, 1.165) is 25.8 Å². The summed E-state index contributed by atoms with van der Waals surface area (Å²) in [5.41, 5.74) is 6.01. The zero-order chi connectivity index (χ0) is 19.2. The topological polar surface area (TPSA) is 86.1 Å². The summed E-state index contributed by atoms with van der Waals surface area (Å²) >= 11 is 0. The lowest BCUT2D eigenvalue weighted by Gasteiger charge is -2.36. The quantitative estimate of drug-likeness (QED) is 0.669. The van der Waals surface area contributed by atoms with Crippen LogP contribution in [0, 0.1) is 0 Å². The smallest absolute Gasteiger partial charge is 0.387 e. The SMILES string of the molecule is Cl.NCCC(=O)NCC1CCCCN1Cc1cc2c(cc1OC(F)F)OCO2. The molecular formula is C18H26ClF2N3O4. The summed E-state index contributed by atoms with van der Waals surface area (Å²) < 4.78 is 41.0. The molecule has 3 rings (SSSR count). The largest absolute Gasteiger partial charge is 0.454 e. The molecule has 1 fully saturated rings. The molecule has 2 aliphatic heterocycles. The van der Waals surface area contributed by atoms with E-state index in [1.807, 2.05) is 0 Å². The van der Waals surface area contributed by atoms with E-state index >= 15 is 0 Å². The number of nitrogens with two attached hydrogens (primary N) is 1. The van der Waals surface area contributed by atoms with Gasteiger partial charge < -0.3 is 25.3 Å². The molecule has 0 radical (unpaired) electrons. The fourth-order valence-corrected chi connectivity index (χ4v) is 3.46. The Hall–Kier alpha value is -1.84. The number of nitrogens with zero attached hydrogens (tertiary/aromatic N) is 1. The van der Waals surface area contributed by atoms with E-state index in [1.54, 1.807) is 6.07 Å². The predicted octanol–water partition coefficient (Wildman–Crippen LogP) is 2.26. The lowest BCUT2D eigenvalue weighted by atomic mass is 10.0. The summed E-state index contributed by atoms with van der Waals surface area (Å²) in [5, 5.41) is 2.90. The van der Waals surface area contributed by atoms with Crippen LogP contribution in [0.15, 0.2) is 12.1 Å². The molecular weight excluding hydrogens is 396 g/mol. The number of carbonyl (C=O) groups is 1. The monoisotopic (exact) mass is 421 g/mol. The second kappa shape index (κ2) is 10.6. The van der Waals surface area contributed by atoms with Crippen molar-refractivity contribution >= 4 is 18.3 Å². The number of rotatable bonds is 8. The first-order chi connectivity index (χ1) is 13.1. The number of halogens is 3. The van der Waals surface area contributed by atoms with E-state index in [0.29, 0.717) is 43.1 Å². The van der Waals surface area contributed by atoms with Crippen molar-refractivity contribution in [3.8, 4) is 17.2 Å². The highest BCUT2D eigenvalue weighted by Gasteiger charge is 2.26. The molecule has 158 valence electrons. The molecule has 28 heavy (non-hydrogen) atoms. The van der Waals surface area contributed by atoms with E-state index in [9.17, 15) is 13.6 Å². The van der Waals surface area contributed by atoms with Crippen LogP contribution in [0.4, 0.5) is 8.78 Å². The van der Waals surface area contributed by atoms with Crippen molar-refractivity contribution in [3.05, 3.63) is 17.7 Å². The van der Waals surface area contributed by atoms with Crippen molar-refractivity contribution in [1.29, 1.82) is 0 Å². The van der Waals surface area contributed by atoms with E-state index < -0.39 is 6.61 Å². The Morgan fingerprint density at radius 2 is 2.07 bits per heavy atom. The Morgan fingerprint density at radius 3 is 2.79 bits per heavy atom. The highest BCUT2D eigenvalue weighted by molar-refractivity contribution is 5.85. The van der Waals surface area contributed by atoms with Crippen LogP contribution in [0.5, 0.6) is 17.2 Å². The zero-order valence-corrected chi connectivity index (χ0v) is 16.3. The third-order valence-electron chi connectivity index (χ3n) is 4.80. The van der Waals surface area contributed by atoms with Crippen LogP contribution in [0.3, 0.4) is 0 Å². The van der Waals surface area contributed by atoms with Crippen LogP contribution in [-0.4, -0.2) is 49.9 Å². The number of piperidine rings is 1. The number of fused-ring (bicyclic) bond motifs is 1. The Labute approximate surface area is 168 Å². The Balaban J connectivity index is 0.00000280. The van der Waals surface area contributed by atoms with E-state index in [4.69, 9.17) is 19.9 Å². The van der Waals surface area contributed by atoms with Crippen LogP contribution in [0.1, 0.15) is 31.2 Å². The number of hydrogen-bond acceptors (Lipinski definition) is 6. The average Bonchev–Trinajstić information content (AvgIpc) is 3.08. The van der Waals surface area contributed by atoms with E-state index in [1.165, 1.54) is 6.07 Å². The van der Waals surface area contributed by atoms with Gasteiger partial charge in [-0.2, -0.15) is 8.78 Å². The van der Waals surface area contributed by atoms with Crippen molar-refractivity contribution in [2.24, 2.45) is 5.73 Å². The summed E-state index contributed by atoms with van der Waals surface area (Å²) in [6, 6.07) is 3.27. The van der Waals surface area contributed by atoms with Crippen LogP contribution < -0.4 is 25.3 Å². The molecule has 1 unspecified atom stereocenters. The number of nitrogens with one attached hydrogen (secondary N) is 1. The number of carbonyl (C=O) groups excluding carboxylic acids is 1. The Kier molecular flexibility index (Phi) is 8.53. The summed E-state index contributed by atoms with van der Waals surface area (Å²) in [7, 11) is 0. The van der Waals surface area contributed by atoms with Gasteiger partial charge in [0.25, 0.3) is 0 Å². The summed E-state index contributed by atoms with van der Waals surface area (Å²) in [5.74, 6) is 0.939. The number of alkyl halides is 2. The van der Waals surface area contributed by atoms with Crippen molar-refractivity contribution in [2.75, 3.05) is 26.4 Å². The third kappa shape index (κ3) is 5.83. The first-order valence-electron chi connectivity index (χ1n) is 9.15. The normalized spacial score (nSPS) is 18.6. The maximum absolute atomic E-state index is 12.8. The van der Waals surface area contributed by atoms with Crippen molar-refractivity contribution in [3.63, 3.8) is 0 Å². The van der Waals surface area contributed by atoms with Gasteiger partial charge in [0.1, 0.15) is 5.75 Å². The van der Waals surface area contributed by atoms with Gasteiger partial charge in [-0.25, -0.2) is 0 Å². The Morgan fingerprint density at radius 1 is 1.32 bits per heavy atom. The molecule has 0 spiro atoms. The maximum Gasteiger partial charge on any atom is 0.387 e. The van der Waals surface area contributed by atoms with Gasteiger partial charge in [0, 0.05) is 43.7 Å². The lowest BCUT2D eigenvalue weighted by molar-refractivity contribution is -0.121. The Bertz CT molecular complexity index is 666. The number of amides is 1. The highest BCUT2D eigenvalue weighted by Crippen LogP contribution is 2.39. The lowest BCUT2D eigenvalue weighted by Crippen LogP contribution is -2.46. The van der Waals surface area contributed by atoms with Crippen LogP contribution in [-0.2, 0) is 11.3 Å². The van der Waals surface area contributed by atoms with Gasteiger partial charge in [-0.05, 0) is 25.5 Å².